The van der Waals surface area contributed by atoms with Crippen molar-refractivity contribution in [3.05, 3.63) is 77.0 Å². The lowest BCUT2D eigenvalue weighted by Crippen LogP contribution is -2.38. The lowest BCUT2D eigenvalue weighted by molar-refractivity contribution is -0.152. The monoisotopic (exact) mass is 389 g/mol. The quantitative estimate of drug-likeness (QED) is 0.475. The molecule has 148 valence electrons. The van der Waals surface area contributed by atoms with E-state index in [1.807, 2.05) is 56.3 Å². The predicted molar refractivity (Wildman–Crippen MR) is 113 cm³/mol. The van der Waals surface area contributed by atoms with Crippen LogP contribution in [0.25, 0.3) is 17.0 Å². The second-order valence-corrected chi connectivity index (χ2v) is 7.52. The summed E-state index contributed by atoms with van der Waals surface area (Å²) in [5.74, 6) is -0.625. The third-order valence-electron chi connectivity index (χ3n) is 4.66. The molecule has 0 fully saturated rings. The summed E-state index contributed by atoms with van der Waals surface area (Å²) < 4.78 is 5.72. The van der Waals surface area contributed by atoms with Crippen LogP contribution in [0.15, 0.2) is 54.7 Å². The second kappa shape index (κ2) is 7.87. The van der Waals surface area contributed by atoms with Gasteiger partial charge in [-0.05, 0) is 74.7 Å². The number of ketones is 1. The molecule has 0 amide bonds. The van der Waals surface area contributed by atoms with Crippen LogP contribution < -0.4 is 4.74 Å². The summed E-state index contributed by atoms with van der Waals surface area (Å²) in [6.07, 6.45) is 4.84. The van der Waals surface area contributed by atoms with E-state index in [9.17, 15) is 14.7 Å². The molecule has 2 aromatic carbocycles. The standard InChI is InChI=1S/C24H23NO4/c1-15-11-17(12-16(2)22(15)29-24(3,4)23(27)28)9-10-21(26)19-13-18-7-5-6-8-20(18)25-14-19/h5-14H,1-4H3,(H,27,28)/b10-9+. The minimum atomic E-state index is -1.33. The molecule has 0 saturated heterocycles. The summed E-state index contributed by atoms with van der Waals surface area (Å²) in [6.45, 7) is 6.73. The van der Waals surface area contributed by atoms with Crippen LogP contribution in [0, 0.1) is 13.8 Å². The van der Waals surface area contributed by atoms with Gasteiger partial charge < -0.3 is 9.84 Å². The van der Waals surface area contributed by atoms with Gasteiger partial charge in [0.05, 0.1) is 5.52 Å². The van der Waals surface area contributed by atoms with Gasteiger partial charge in [0.2, 0.25) is 0 Å². The van der Waals surface area contributed by atoms with Crippen molar-refractivity contribution in [1.29, 1.82) is 0 Å². The Hall–Kier alpha value is -3.47. The number of pyridine rings is 1. The molecule has 5 heteroatoms. The molecule has 29 heavy (non-hydrogen) atoms. The molecule has 0 bridgehead atoms. The van der Waals surface area contributed by atoms with Crippen LogP contribution in [-0.4, -0.2) is 27.4 Å². The minimum absolute atomic E-state index is 0.133. The zero-order chi connectivity index (χ0) is 21.2. The van der Waals surface area contributed by atoms with Gasteiger partial charge in [-0.3, -0.25) is 9.78 Å². The molecule has 3 aromatic rings. The molecule has 0 spiro atoms. The summed E-state index contributed by atoms with van der Waals surface area (Å²) in [7, 11) is 0. The maximum atomic E-state index is 12.5. The molecule has 0 aliphatic carbocycles. The maximum Gasteiger partial charge on any atom is 0.347 e. The van der Waals surface area contributed by atoms with Crippen molar-refractivity contribution in [2.24, 2.45) is 0 Å². The number of carbonyl (C=O) groups is 2. The van der Waals surface area contributed by atoms with Gasteiger partial charge in [-0.1, -0.05) is 24.3 Å². The fourth-order valence-electron chi connectivity index (χ4n) is 3.01. The van der Waals surface area contributed by atoms with Crippen molar-refractivity contribution in [2.45, 2.75) is 33.3 Å². The van der Waals surface area contributed by atoms with Crippen LogP contribution in [-0.2, 0) is 4.79 Å². The molecule has 0 radical (unpaired) electrons. The van der Waals surface area contributed by atoms with Crippen LogP contribution in [0.5, 0.6) is 5.75 Å². The number of nitrogens with zero attached hydrogens (tertiary/aromatic N) is 1. The number of para-hydroxylation sites is 1. The summed E-state index contributed by atoms with van der Waals surface area (Å²) in [5.41, 5.74) is 2.49. The lowest BCUT2D eigenvalue weighted by Gasteiger charge is -2.24. The number of carboxylic acids is 1. The van der Waals surface area contributed by atoms with Gasteiger partial charge in [-0.25, -0.2) is 4.79 Å². The van der Waals surface area contributed by atoms with Crippen molar-refractivity contribution in [3.63, 3.8) is 0 Å². The first-order valence-electron chi connectivity index (χ1n) is 9.28. The van der Waals surface area contributed by atoms with E-state index in [0.29, 0.717) is 11.3 Å². The van der Waals surface area contributed by atoms with Gasteiger partial charge >= 0.3 is 5.97 Å². The number of fused-ring (bicyclic) bond motifs is 1. The first-order chi connectivity index (χ1) is 13.7. The molecule has 3 rings (SSSR count). The highest BCUT2D eigenvalue weighted by molar-refractivity contribution is 6.08. The number of aliphatic carboxylic acids is 1. The SMILES string of the molecule is Cc1cc(/C=C/C(=O)c2cnc3ccccc3c2)cc(C)c1OC(C)(C)C(=O)O. The zero-order valence-electron chi connectivity index (χ0n) is 16.9. The average Bonchev–Trinajstić information content (AvgIpc) is 2.68. The summed E-state index contributed by atoms with van der Waals surface area (Å²) in [6, 6.07) is 13.2. The number of allylic oxidation sites excluding steroid dienone is 1. The number of ether oxygens (including phenoxy) is 1. The Morgan fingerprint density at radius 3 is 2.38 bits per heavy atom. The van der Waals surface area contributed by atoms with Crippen LogP contribution in [0.4, 0.5) is 0 Å². The fraction of sp³-hybridized carbons (Fsp3) is 0.208. The Balaban J connectivity index is 1.82. The van der Waals surface area contributed by atoms with Gasteiger partial charge in [-0.2, -0.15) is 0 Å². The van der Waals surface area contributed by atoms with Crippen LogP contribution in [0.1, 0.15) is 40.9 Å². The molecular weight excluding hydrogens is 366 g/mol. The van der Waals surface area contributed by atoms with Crippen LogP contribution in [0.2, 0.25) is 0 Å². The number of benzene rings is 2. The Morgan fingerprint density at radius 1 is 1.07 bits per heavy atom. The summed E-state index contributed by atoms with van der Waals surface area (Å²) in [4.78, 5) is 28.2. The third-order valence-corrected chi connectivity index (χ3v) is 4.66. The normalized spacial score (nSPS) is 11.7. The molecule has 1 aromatic heterocycles. The van der Waals surface area contributed by atoms with Crippen LogP contribution in [0.3, 0.4) is 0 Å². The van der Waals surface area contributed by atoms with E-state index < -0.39 is 11.6 Å². The van der Waals surface area contributed by atoms with Crippen molar-refractivity contribution in [1.82, 2.24) is 4.98 Å². The van der Waals surface area contributed by atoms with Crippen molar-refractivity contribution >= 4 is 28.7 Å². The molecule has 0 saturated carbocycles. The largest absolute Gasteiger partial charge is 0.478 e. The van der Waals surface area contributed by atoms with Gasteiger partial charge in [0.15, 0.2) is 11.4 Å². The van der Waals surface area contributed by atoms with Gasteiger partial charge in [0, 0.05) is 17.1 Å². The van der Waals surface area contributed by atoms with E-state index in [4.69, 9.17) is 4.74 Å². The van der Waals surface area contributed by atoms with Crippen LogP contribution >= 0.6 is 0 Å². The highest BCUT2D eigenvalue weighted by atomic mass is 16.5. The van der Waals surface area contributed by atoms with Crippen molar-refractivity contribution < 1.29 is 19.4 Å². The Labute approximate surface area is 169 Å². The third kappa shape index (κ3) is 4.51. The molecule has 0 aliphatic rings. The first-order valence-corrected chi connectivity index (χ1v) is 9.28. The average molecular weight is 389 g/mol. The molecule has 5 nitrogen and oxygen atoms in total. The van der Waals surface area contributed by atoms with E-state index in [1.165, 1.54) is 19.9 Å². The molecule has 1 N–H and O–H groups in total. The fourth-order valence-corrected chi connectivity index (χ4v) is 3.01. The molecule has 0 unspecified atom stereocenters. The van der Waals surface area contributed by atoms with Gasteiger partial charge in [0.1, 0.15) is 5.75 Å². The Kier molecular flexibility index (Phi) is 5.50. The van der Waals surface area contributed by atoms with E-state index in [1.54, 1.807) is 12.3 Å². The maximum absolute atomic E-state index is 12.5. The van der Waals surface area contributed by atoms with Gasteiger partial charge in [0.25, 0.3) is 0 Å². The van der Waals surface area contributed by atoms with E-state index in [2.05, 4.69) is 4.98 Å². The lowest BCUT2D eigenvalue weighted by atomic mass is 10.0. The summed E-state index contributed by atoms with van der Waals surface area (Å²) in [5, 5.41) is 10.2. The predicted octanol–water partition coefficient (Wildman–Crippen LogP) is 4.99. The Morgan fingerprint density at radius 2 is 1.72 bits per heavy atom. The number of aromatic nitrogens is 1. The smallest absolute Gasteiger partial charge is 0.347 e. The van der Waals surface area contributed by atoms with E-state index in [0.717, 1.165) is 27.6 Å². The number of aryl methyl sites for hydroxylation is 2. The van der Waals surface area contributed by atoms with Gasteiger partial charge in [-0.15, -0.1) is 0 Å². The highest BCUT2D eigenvalue weighted by Crippen LogP contribution is 2.29. The molecule has 1 heterocycles. The summed E-state index contributed by atoms with van der Waals surface area (Å²) >= 11 is 0. The van der Waals surface area contributed by atoms with Crippen molar-refractivity contribution in [2.75, 3.05) is 0 Å². The van der Waals surface area contributed by atoms with E-state index in [-0.39, 0.29) is 5.78 Å². The number of hydrogen-bond acceptors (Lipinski definition) is 4. The molecule has 0 aliphatic heterocycles. The number of rotatable bonds is 6. The van der Waals surface area contributed by atoms with E-state index >= 15 is 0 Å². The highest BCUT2D eigenvalue weighted by Gasteiger charge is 2.30. The number of hydrogen-bond donors (Lipinski definition) is 1. The second-order valence-electron chi connectivity index (χ2n) is 7.52. The molecule has 0 atom stereocenters. The van der Waals surface area contributed by atoms with Crippen molar-refractivity contribution in [3.8, 4) is 5.75 Å². The minimum Gasteiger partial charge on any atom is -0.478 e. The number of carbonyl (C=O) groups excluding carboxylic acids is 1. The number of carboxylic acid groups (broad SMARTS) is 1. The Bertz CT molecular complexity index is 1110. The molecular formula is C24H23NO4. The zero-order valence-corrected chi connectivity index (χ0v) is 16.9. The topological polar surface area (TPSA) is 76.5 Å². The first kappa shape index (κ1) is 20.3.